The lowest BCUT2D eigenvalue weighted by molar-refractivity contribution is 1.28. The molecule has 0 saturated heterocycles. The van der Waals surface area contributed by atoms with E-state index >= 15 is 0 Å². The van der Waals surface area contributed by atoms with Crippen LogP contribution in [0.1, 0.15) is 0 Å². The first-order valence-corrected chi connectivity index (χ1v) is 22.4. The molecule has 12 aromatic rings. The Morgan fingerprint density at radius 1 is 0.185 bits per heavy atom. The molecule has 0 aliphatic carbocycles. The lowest BCUT2D eigenvalue weighted by Crippen LogP contribution is -2.10. The minimum atomic E-state index is 1.09. The molecule has 0 N–H and O–H groups in total. The van der Waals surface area contributed by atoms with Crippen molar-refractivity contribution in [2.75, 3.05) is 4.90 Å². The lowest BCUT2D eigenvalue weighted by atomic mass is 9.94. The molecule has 0 spiro atoms. The molecule has 0 aromatic heterocycles. The highest BCUT2D eigenvalue weighted by molar-refractivity contribution is 6.12. The molecule has 12 aromatic carbocycles. The zero-order valence-corrected chi connectivity index (χ0v) is 35.8. The average molecular weight is 826 g/mol. The van der Waals surface area contributed by atoms with Crippen molar-refractivity contribution in [1.82, 2.24) is 0 Å². The highest BCUT2D eigenvalue weighted by atomic mass is 15.1. The molecule has 0 saturated carbocycles. The summed E-state index contributed by atoms with van der Waals surface area (Å²) >= 11 is 0. The number of anilines is 3. The highest BCUT2D eigenvalue weighted by Crippen LogP contribution is 2.41. The molecule has 0 amide bonds. The number of rotatable bonds is 8. The molecular formula is C64H43N. The normalized spacial score (nSPS) is 11.4. The highest BCUT2D eigenvalue weighted by Gasteiger charge is 2.16. The van der Waals surface area contributed by atoms with Crippen LogP contribution >= 0.6 is 0 Å². The zero-order valence-electron chi connectivity index (χ0n) is 35.8. The van der Waals surface area contributed by atoms with Crippen molar-refractivity contribution < 1.29 is 0 Å². The number of hydrogen-bond acceptors (Lipinski definition) is 1. The van der Waals surface area contributed by atoms with Gasteiger partial charge in [-0.2, -0.15) is 0 Å². The Hall–Kier alpha value is -8.52. The number of nitrogens with zero attached hydrogens (tertiary/aromatic N) is 1. The minimum absolute atomic E-state index is 1.09. The van der Waals surface area contributed by atoms with Gasteiger partial charge in [0.2, 0.25) is 0 Å². The van der Waals surface area contributed by atoms with Crippen LogP contribution in [-0.2, 0) is 0 Å². The third-order valence-electron chi connectivity index (χ3n) is 13.1. The first kappa shape index (κ1) is 38.2. The van der Waals surface area contributed by atoms with E-state index in [2.05, 4.69) is 266 Å². The van der Waals surface area contributed by atoms with Gasteiger partial charge in [0.25, 0.3) is 0 Å². The van der Waals surface area contributed by atoms with Gasteiger partial charge in [-0.25, -0.2) is 0 Å². The largest absolute Gasteiger partial charge is 0.310 e. The molecule has 0 unspecified atom stereocenters. The average Bonchev–Trinajstić information content (AvgIpc) is 3.39. The maximum Gasteiger partial charge on any atom is 0.0467 e. The monoisotopic (exact) mass is 825 g/mol. The molecule has 0 aliphatic rings. The topological polar surface area (TPSA) is 3.24 Å². The lowest BCUT2D eigenvalue weighted by Gasteiger charge is -2.26. The van der Waals surface area contributed by atoms with Crippen molar-refractivity contribution in [3.05, 3.63) is 261 Å². The predicted molar refractivity (Wildman–Crippen MR) is 278 cm³/mol. The van der Waals surface area contributed by atoms with E-state index in [0.717, 1.165) is 17.1 Å². The summed E-state index contributed by atoms with van der Waals surface area (Å²) in [7, 11) is 0. The van der Waals surface area contributed by atoms with Crippen LogP contribution in [0.5, 0.6) is 0 Å². The molecule has 0 fully saturated rings. The van der Waals surface area contributed by atoms with Crippen molar-refractivity contribution in [3.63, 3.8) is 0 Å². The summed E-state index contributed by atoms with van der Waals surface area (Å²) in [4.78, 5) is 2.38. The first-order chi connectivity index (χ1) is 32.2. The Labute approximate surface area is 379 Å². The first-order valence-electron chi connectivity index (χ1n) is 22.4. The fraction of sp³-hybridized carbons (Fsp3) is 0. The summed E-state index contributed by atoms with van der Waals surface area (Å²) in [6.45, 7) is 0. The molecular weight excluding hydrogens is 783 g/mol. The van der Waals surface area contributed by atoms with Gasteiger partial charge in [-0.3, -0.25) is 0 Å². The Bertz CT molecular complexity index is 3690. The van der Waals surface area contributed by atoms with Crippen LogP contribution < -0.4 is 4.90 Å². The van der Waals surface area contributed by atoms with Crippen LogP contribution in [0.25, 0.3) is 98.7 Å². The summed E-state index contributed by atoms with van der Waals surface area (Å²) in [5.41, 5.74) is 15.3. The van der Waals surface area contributed by atoms with Gasteiger partial charge >= 0.3 is 0 Å². The van der Waals surface area contributed by atoms with E-state index < -0.39 is 0 Å². The smallest absolute Gasteiger partial charge is 0.0467 e. The molecule has 1 heteroatoms. The van der Waals surface area contributed by atoms with E-state index in [4.69, 9.17) is 0 Å². The second kappa shape index (κ2) is 16.3. The van der Waals surface area contributed by atoms with Gasteiger partial charge in [-0.1, -0.05) is 212 Å². The van der Waals surface area contributed by atoms with Gasteiger partial charge < -0.3 is 4.90 Å². The third-order valence-corrected chi connectivity index (χ3v) is 13.1. The van der Waals surface area contributed by atoms with E-state index in [1.807, 2.05) is 0 Å². The molecule has 304 valence electrons. The van der Waals surface area contributed by atoms with Crippen molar-refractivity contribution in [3.8, 4) is 55.6 Å². The fourth-order valence-corrected chi connectivity index (χ4v) is 9.73. The van der Waals surface area contributed by atoms with Crippen LogP contribution in [0.3, 0.4) is 0 Å². The second-order valence-electron chi connectivity index (χ2n) is 16.9. The molecule has 0 heterocycles. The van der Waals surface area contributed by atoms with Crippen LogP contribution in [0.4, 0.5) is 17.1 Å². The fourth-order valence-electron chi connectivity index (χ4n) is 9.73. The van der Waals surface area contributed by atoms with Crippen molar-refractivity contribution in [2.45, 2.75) is 0 Å². The molecule has 0 bridgehead atoms. The van der Waals surface area contributed by atoms with Crippen molar-refractivity contribution >= 4 is 60.2 Å². The number of hydrogen-bond donors (Lipinski definition) is 0. The van der Waals surface area contributed by atoms with Gasteiger partial charge in [-0.15, -0.1) is 0 Å². The summed E-state index contributed by atoms with van der Waals surface area (Å²) < 4.78 is 0. The van der Waals surface area contributed by atoms with Crippen molar-refractivity contribution in [1.29, 1.82) is 0 Å². The summed E-state index contributed by atoms with van der Waals surface area (Å²) in [6, 6.07) is 95.2. The number of fused-ring (bicyclic) bond motifs is 5. The van der Waals surface area contributed by atoms with Gasteiger partial charge in [-0.05, 0) is 147 Å². The zero-order chi connectivity index (χ0) is 43.1. The summed E-state index contributed by atoms with van der Waals surface area (Å²) in [6.07, 6.45) is 0. The van der Waals surface area contributed by atoms with E-state index in [9.17, 15) is 0 Å². The maximum absolute atomic E-state index is 2.38. The Kier molecular flexibility index (Phi) is 9.58. The third kappa shape index (κ3) is 7.20. The van der Waals surface area contributed by atoms with Gasteiger partial charge in [0.1, 0.15) is 0 Å². The molecule has 0 atom stereocenters. The molecule has 65 heavy (non-hydrogen) atoms. The summed E-state index contributed by atoms with van der Waals surface area (Å²) in [5, 5.41) is 10.1. The van der Waals surface area contributed by atoms with Gasteiger partial charge in [0.15, 0.2) is 0 Å². The quantitative estimate of drug-likeness (QED) is 0.138. The van der Waals surface area contributed by atoms with Crippen LogP contribution in [0, 0.1) is 0 Å². The Morgan fingerprint density at radius 2 is 0.615 bits per heavy atom. The Balaban J connectivity index is 0.913. The van der Waals surface area contributed by atoms with Crippen LogP contribution in [-0.4, -0.2) is 0 Å². The van der Waals surface area contributed by atoms with E-state index in [1.165, 1.54) is 98.7 Å². The predicted octanol–water partition coefficient (Wildman–Crippen LogP) is 18.1. The second-order valence-corrected chi connectivity index (χ2v) is 16.9. The number of benzene rings is 12. The molecule has 12 rings (SSSR count). The van der Waals surface area contributed by atoms with Gasteiger partial charge in [0, 0.05) is 17.1 Å². The van der Waals surface area contributed by atoms with E-state index in [-0.39, 0.29) is 0 Å². The van der Waals surface area contributed by atoms with Crippen LogP contribution in [0.2, 0.25) is 0 Å². The Morgan fingerprint density at radius 3 is 1.32 bits per heavy atom. The molecule has 0 aliphatic heterocycles. The van der Waals surface area contributed by atoms with Crippen molar-refractivity contribution in [2.24, 2.45) is 0 Å². The van der Waals surface area contributed by atoms with E-state index in [0.29, 0.717) is 0 Å². The SMILES string of the molecule is c1cc(-c2ccc(N(c3ccc(-c4ccc(-c5ccc6ccccc6c5)cc4)cc3)c3cccc(-c4cccc5c4ccc4ccccc45)c3)cc2)cc(-c2cccc3ccccc23)c1. The molecule has 0 radical (unpaired) electrons. The molecule has 1 nitrogen and oxygen atoms in total. The summed E-state index contributed by atoms with van der Waals surface area (Å²) in [5.74, 6) is 0. The van der Waals surface area contributed by atoms with Crippen LogP contribution in [0.15, 0.2) is 261 Å². The maximum atomic E-state index is 2.38. The minimum Gasteiger partial charge on any atom is -0.310 e. The van der Waals surface area contributed by atoms with Gasteiger partial charge in [0.05, 0.1) is 0 Å². The van der Waals surface area contributed by atoms with E-state index in [1.54, 1.807) is 0 Å². The standard InChI is InChI=1S/C64H43N/c1-2-14-51-41-53(30-29-44(51)11-1)47-27-25-45(26-28-47)46-31-36-56(37-32-46)65(58-19-8-18-55(43-58)62-23-10-24-63-60-21-6-4-13-50(60)35-40-64(62)63)57-38-33-48(34-39-57)52-16-7-17-54(42-52)61-22-9-15-49-12-3-5-20-59(49)61/h1-43H.